The van der Waals surface area contributed by atoms with Crippen LogP contribution < -0.4 is 0 Å². The van der Waals surface area contributed by atoms with Gasteiger partial charge in [0.2, 0.25) is 0 Å². The lowest BCUT2D eigenvalue weighted by atomic mass is 9.96. The number of benzene rings is 16. The van der Waals surface area contributed by atoms with Gasteiger partial charge in [-0.3, -0.25) is 0 Å². The molecule has 0 amide bonds. The van der Waals surface area contributed by atoms with Crippen molar-refractivity contribution in [1.82, 2.24) is 39.9 Å². The molecule has 0 atom stereocenters. The maximum atomic E-state index is 5.33. The number of aromatic nitrogens is 8. The highest BCUT2D eigenvalue weighted by atomic mass is 32.1. The summed E-state index contributed by atoms with van der Waals surface area (Å²) in [7, 11) is 0. The zero-order valence-electron chi connectivity index (χ0n) is 66.5. The molecule has 0 aliphatic rings. The molecule has 12 heteroatoms. The van der Waals surface area contributed by atoms with Crippen molar-refractivity contribution in [3.63, 3.8) is 0 Å². The molecule has 0 aliphatic carbocycles. The molecule has 8 aromatic heterocycles. The van der Waals surface area contributed by atoms with Crippen molar-refractivity contribution in [3.05, 3.63) is 413 Å². The molecule has 24 rings (SSSR count). The van der Waals surface area contributed by atoms with Gasteiger partial charge in [-0.1, -0.05) is 364 Å². The molecule has 16 aromatic carbocycles. The molecule has 0 saturated heterocycles. The summed E-state index contributed by atoms with van der Waals surface area (Å²) in [5, 5.41) is 4.58. The van der Waals surface area contributed by atoms with Crippen LogP contribution in [-0.2, 0) is 0 Å². The largest absolute Gasteiger partial charge is 0.226 e. The van der Waals surface area contributed by atoms with Gasteiger partial charge in [-0.25, -0.2) is 39.9 Å². The molecule has 580 valence electrons. The van der Waals surface area contributed by atoms with Crippen LogP contribution in [0.4, 0.5) is 0 Å². The first kappa shape index (κ1) is 73.8. The summed E-state index contributed by atoms with van der Waals surface area (Å²) in [6.45, 7) is 0. The molecule has 124 heavy (non-hydrogen) atoms. The van der Waals surface area contributed by atoms with E-state index in [-0.39, 0.29) is 0 Å². The van der Waals surface area contributed by atoms with Gasteiger partial charge in [0.1, 0.15) is 0 Å². The third-order valence-electron chi connectivity index (χ3n) is 23.1. The van der Waals surface area contributed by atoms with Crippen LogP contribution in [0.2, 0.25) is 0 Å². The smallest absolute Gasteiger partial charge is 0.160 e. The van der Waals surface area contributed by atoms with Crippen LogP contribution in [0.15, 0.2) is 413 Å². The second-order valence-corrected chi connectivity index (χ2v) is 35.0. The SMILES string of the molecule is c1ccc(-c2ccc(-c3nc(-c4cccc(-c5cccc(-c6ccc(-c7nc(-c8ccc(-c9ccccc9)cc8)c8sc9ccccc9c8n7)cc6)c5)c4)c4sc5ccccc5c4n3)cc2)cc1.c1ccc(-c2cccc(-c3nc(-c4ccc(-c5nc(-c6cccc(-c7ccccc7)c6)c6sc7ccccc7c6n5)cc4)nc4c3sc3ccccc34)c2)cc1. The molecule has 0 saturated carbocycles. The van der Waals surface area contributed by atoms with Crippen LogP contribution in [0, 0.1) is 0 Å². The summed E-state index contributed by atoms with van der Waals surface area (Å²) in [6.07, 6.45) is 0. The first-order chi connectivity index (χ1) is 61.4. The average Bonchev–Trinajstić information content (AvgIpc) is 1.60. The summed E-state index contributed by atoms with van der Waals surface area (Å²) in [5.41, 5.74) is 29.7. The topological polar surface area (TPSA) is 103 Å². The lowest BCUT2D eigenvalue weighted by molar-refractivity contribution is 1.23. The standard InChI is InChI=1S/C62H38N4S2.C50H30N4S2/c1-3-13-39(14-4-1)41-25-31-44(32-26-41)55-59-57(51-21-7-9-23-53(51)67-59)65-61(63-55)46-35-29-43(30-36-46)47-17-11-18-48(37-47)49-19-12-20-50(38-49)56-60-58(52-22-8-10-24-54(52)68-60)66-62(64-56)45-33-27-42(28-34-45)40-15-5-2-6-16-40;1-3-13-31(14-4-1)35-17-11-19-37(29-35)43-47-45(39-21-7-9-23-41(39)55-47)53-49(51-43)33-25-27-34(28-26-33)50-52-44(48-46(54-50)40-22-8-10-24-42(40)56-48)38-20-12-18-36(30-38)32-15-5-2-6-16-32/h1-38H;1-30H. The summed E-state index contributed by atoms with van der Waals surface area (Å²) < 4.78 is 9.16. The molecule has 0 radical (unpaired) electrons. The fourth-order valence-electron chi connectivity index (χ4n) is 16.8. The van der Waals surface area contributed by atoms with E-state index in [2.05, 4.69) is 406 Å². The molecule has 24 aromatic rings. The van der Waals surface area contributed by atoms with Gasteiger partial charge in [0.05, 0.1) is 63.6 Å². The van der Waals surface area contributed by atoms with Gasteiger partial charge in [0.15, 0.2) is 23.3 Å². The number of nitrogens with zero attached hydrogens (tertiary/aromatic N) is 8. The van der Waals surface area contributed by atoms with Crippen molar-refractivity contribution < 1.29 is 0 Å². The minimum Gasteiger partial charge on any atom is -0.226 e. The molecule has 0 bridgehead atoms. The minimum absolute atomic E-state index is 0.686. The van der Waals surface area contributed by atoms with E-state index in [1.54, 1.807) is 45.3 Å². The molecular weight excluding hydrogens is 1590 g/mol. The molecule has 0 aliphatic heterocycles. The van der Waals surface area contributed by atoms with Crippen molar-refractivity contribution in [1.29, 1.82) is 0 Å². The van der Waals surface area contributed by atoms with Crippen LogP contribution in [0.5, 0.6) is 0 Å². The van der Waals surface area contributed by atoms with E-state index >= 15 is 0 Å². The van der Waals surface area contributed by atoms with Crippen molar-refractivity contribution in [2.24, 2.45) is 0 Å². The lowest BCUT2D eigenvalue weighted by Gasteiger charge is -2.11. The zero-order valence-corrected chi connectivity index (χ0v) is 69.7. The summed E-state index contributed by atoms with van der Waals surface area (Å²) >= 11 is 7.01. The second kappa shape index (κ2) is 31.7. The first-order valence-electron chi connectivity index (χ1n) is 41.2. The molecule has 8 nitrogen and oxygen atoms in total. The fourth-order valence-corrected chi connectivity index (χ4v) is 21.4. The lowest BCUT2D eigenvalue weighted by Crippen LogP contribution is -1.95. The number of fused-ring (bicyclic) bond motifs is 12. The van der Waals surface area contributed by atoms with Crippen LogP contribution in [0.25, 0.3) is 239 Å². The van der Waals surface area contributed by atoms with Gasteiger partial charge in [0.25, 0.3) is 0 Å². The molecular formula is C112H68N8S4. The number of hydrogen-bond donors (Lipinski definition) is 0. The normalized spacial score (nSPS) is 11.5. The van der Waals surface area contributed by atoms with Gasteiger partial charge < -0.3 is 0 Å². The van der Waals surface area contributed by atoms with E-state index < -0.39 is 0 Å². The summed E-state index contributed by atoms with van der Waals surface area (Å²) in [6, 6.07) is 145. The fraction of sp³-hybridized carbons (Fsp3) is 0. The molecule has 0 spiro atoms. The van der Waals surface area contributed by atoms with Crippen molar-refractivity contribution in [2.75, 3.05) is 0 Å². The second-order valence-electron chi connectivity index (χ2n) is 30.8. The molecule has 0 N–H and O–H groups in total. The average molecular weight is 1650 g/mol. The van der Waals surface area contributed by atoms with Crippen molar-refractivity contribution in [3.8, 4) is 157 Å². The monoisotopic (exact) mass is 1650 g/mol. The Bertz CT molecular complexity index is 7980. The third kappa shape index (κ3) is 13.9. The van der Waals surface area contributed by atoms with Gasteiger partial charge in [0, 0.05) is 84.9 Å². The van der Waals surface area contributed by atoms with E-state index in [4.69, 9.17) is 39.9 Å². The predicted molar refractivity (Wildman–Crippen MR) is 523 cm³/mol. The zero-order chi connectivity index (χ0) is 82.0. The van der Waals surface area contributed by atoms with Gasteiger partial charge >= 0.3 is 0 Å². The minimum atomic E-state index is 0.686. The van der Waals surface area contributed by atoms with E-state index in [9.17, 15) is 0 Å². The maximum absolute atomic E-state index is 5.33. The molecule has 0 unspecified atom stereocenters. The third-order valence-corrected chi connectivity index (χ3v) is 27.8. The Hall–Kier alpha value is -15.3. The Morgan fingerprint density at radius 1 is 0.129 bits per heavy atom. The summed E-state index contributed by atoms with van der Waals surface area (Å²) in [5.74, 6) is 2.80. The number of thiophene rings is 4. The van der Waals surface area contributed by atoms with Gasteiger partial charge in [-0.2, -0.15) is 0 Å². The van der Waals surface area contributed by atoms with Gasteiger partial charge in [-0.05, 0) is 115 Å². The first-order valence-corrected chi connectivity index (χ1v) is 44.5. The Labute approximate surface area is 730 Å². The Balaban J connectivity index is 0.000000146. The van der Waals surface area contributed by atoms with Crippen LogP contribution in [0.1, 0.15) is 0 Å². The van der Waals surface area contributed by atoms with E-state index in [1.165, 1.54) is 46.6 Å². The van der Waals surface area contributed by atoms with Crippen LogP contribution in [0.3, 0.4) is 0 Å². The maximum Gasteiger partial charge on any atom is 0.160 e. The number of hydrogen-bond acceptors (Lipinski definition) is 12. The summed E-state index contributed by atoms with van der Waals surface area (Å²) in [4.78, 5) is 42.1. The highest BCUT2D eigenvalue weighted by Gasteiger charge is 2.24. The quantitative estimate of drug-likeness (QED) is 0.106. The van der Waals surface area contributed by atoms with E-state index in [1.807, 2.05) is 6.07 Å². The van der Waals surface area contributed by atoms with E-state index in [0.29, 0.717) is 23.3 Å². The predicted octanol–water partition coefficient (Wildman–Crippen LogP) is 31.3. The Kier molecular flexibility index (Phi) is 18.9. The van der Waals surface area contributed by atoms with Crippen LogP contribution >= 0.6 is 45.3 Å². The van der Waals surface area contributed by atoms with Crippen molar-refractivity contribution in [2.45, 2.75) is 0 Å². The van der Waals surface area contributed by atoms with E-state index in [0.717, 1.165) is 169 Å². The Morgan fingerprint density at radius 3 is 0.581 bits per heavy atom. The highest BCUT2D eigenvalue weighted by molar-refractivity contribution is 7.27. The molecule has 0 fully saturated rings. The number of rotatable bonds is 14. The molecule has 8 heterocycles. The van der Waals surface area contributed by atoms with Crippen molar-refractivity contribution >= 4 is 127 Å². The highest BCUT2D eigenvalue weighted by Crippen LogP contribution is 2.47. The Morgan fingerprint density at radius 2 is 0.306 bits per heavy atom. The van der Waals surface area contributed by atoms with Crippen LogP contribution in [-0.4, -0.2) is 39.9 Å². The van der Waals surface area contributed by atoms with Gasteiger partial charge in [-0.15, -0.1) is 45.3 Å².